The molecule has 0 bridgehead atoms. The molecule has 1 atom stereocenters. The monoisotopic (exact) mass is 349 g/mol. The Hall–Kier alpha value is -3.27. The summed E-state index contributed by atoms with van der Waals surface area (Å²) in [6.07, 6.45) is 1.39. The summed E-state index contributed by atoms with van der Waals surface area (Å²) in [4.78, 5) is 26.3. The third-order valence-electron chi connectivity index (χ3n) is 4.82. The molecule has 2 aromatic rings. The molecule has 2 aliphatic rings. The first-order chi connectivity index (χ1) is 12.6. The Kier molecular flexibility index (Phi) is 3.88. The summed E-state index contributed by atoms with van der Waals surface area (Å²) < 4.78 is 6.87. The standard InChI is InChI=1S/C19H17N4O3/c1-12-4-6-13(7-5-12)16-9-14(26-21-16)11-23-18(24)15(10-20)17-3-2-8-22(17)19(23)25/h4-7,9,15H,2-3,8,11H2,1H3/q+1. The quantitative estimate of drug-likeness (QED) is 0.794. The summed E-state index contributed by atoms with van der Waals surface area (Å²) in [5.74, 6) is -0.977. The number of urea groups is 1. The Labute approximate surface area is 150 Å². The number of hydrogen-bond donors (Lipinski definition) is 0. The molecule has 1 unspecified atom stereocenters. The number of amides is 3. The van der Waals surface area contributed by atoms with Crippen LogP contribution in [-0.2, 0) is 11.3 Å². The van der Waals surface area contributed by atoms with Gasteiger partial charge in [0.1, 0.15) is 11.4 Å². The van der Waals surface area contributed by atoms with E-state index in [9.17, 15) is 14.9 Å². The number of hydrogen-bond acceptors (Lipinski definition) is 5. The third-order valence-corrected chi connectivity index (χ3v) is 4.82. The molecule has 0 fully saturated rings. The van der Waals surface area contributed by atoms with Gasteiger partial charge in [0.05, 0.1) is 12.6 Å². The zero-order valence-corrected chi connectivity index (χ0v) is 14.3. The van der Waals surface area contributed by atoms with Crippen LogP contribution in [0.1, 0.15) is 24.2 Å². The van der Waals surface area contributed by atoms with E-state index in [1.165, 1.54) is 0 Å². The van der Waals surface area contributed by atoms with Crippen LogP contribution < -0.4 is 0 Å². The Morgan fingerprint density at radius 2 is 2.12 bits per heavy atom. The molecule has 1 aromatic carbocycles. The summed E-state index contributed by atoms with van der Waals surface area (Å²) in [6.45, 7) is 2.51. The molecule has 26 heavy (non-hydrogen) atoms. The van der Waals surface area contributed by atoms with Crippen LogP contribution >= 0.6 is 0 Å². The highest BCUT2D eigenvalue weighted by Gasteiger charge is 2.50. The van der Waals surface area contributed by atoms with E-state index >= 15 is 0 Å². The lowest BCUT2D eigenvalue weighted by Gasteiger charge is -2.20. The van der Waals surface area contributed by atoms with Crippen LogP contribution in [0.15, 0.2) is 34.9 Å². The zero-order valence-electron chi connectivity index (χ0n) is 14.3. The van der Waals surface area contributed by atoms with Gasteiger partial charge >= 0.3 is 11.9 Å². The number of aryl methyl sites for hydroxylation is 1. The number of nitrogens with zero attached hydrogens (tertiary/aromatic N) is 4. The second-order valence-corrected chi connectivity index (χ2v) is 6.56. The summed E-state index contributed by atoms with van der Waals surface area (Å²) in [6, 6.07) is 11.2. The van der Waals surface area contributed by atoms with E-state index in [0.717, 1.165) is 22.4 Å². The third kappa shape index (κ3) is 2.60. The smallest absolute Gasteiger partial charge is 0.356 e. The zero-order chi connectivity index (χ0) is 18.3. The van der Waals surface area contributed by atoms with E-state index in [1.54, 1.807) is 10.6 Å². The van der Waals surface area contributed by atoms with Gasteiger partial charge in [0.25, 0.3) is 0 Å². The maximum atomic E-state index is 12.6. The SMILES string of the molecule is Cc1ccc(-c2cc(CN3C(=O)C(C#N)C4=[N+](CCC4)C3=O)on2)cc1. The molecule has 0 aliphatic carbocycles. The van der Waals surface area contributed by atoms with Crippen LogP contribution in [0, 0.1) is 24.2 Å². The molecule has 4 rings (SSSR count). The van der Waals surface area contributed by atoms with Crippen molar-refractivity contribution in [2.45, 2.75) is 26.3 Å². The van der Waals surface area contributed by atoms with Crippen molar-refractivity contribution < 1.29 is 18.7 Å². The van der Waals surface area contributed by atoms with Crippen LogP contribution in [-0.4, -0.2) is 38.8 Å². The summed E-state index contributed by atoms with van der Waals surface area (Å²) in [7, 11) is 0. The second-order valence-electron chi connectivity index (χ2n) is 6.56. The van der Waals surface area contributed by atoms with Gasteiger partial charge in [0, 0.05) is 18.1 Å². The fourth-order valence-electron chi connectivity index (χ4n) is 3.43. The van der Waals surface area contributed by atoms with Crippen molar-refractivity contribution in [3.05, 3.63) is 41.7 Å². The molecule has 2 aliphatic heterocycles. The molecular weight excluding hydrogens is 332 g/mol. The van der Waals surface area contributed by atoms with Crippen LogP contribution in [0.25, 0.3) is 11.3 Å². The Bertz CT molecular complexity index is 965. The minimum atomic E-state index is -0.894. The second kappa shape index (κ2) is 6.23. The van der Waals surface area contributed by atoms with Gasteiger partial charge in [-0.3, -0.25) is 0 Å². The maximum absolute atomic E-state index is 12.6. The number of rotatable bonds is 3. The molecule has 3 heterocycles. The molecule has 0 N–H and O–H groups in total. The molecule has 7 nitrogen and oxygen atoms in total. The van der Waals surface area contributed by atoms with Crippen molar-refractivity contribution in [2.24, 2.45) is 5.92 Å². The van der Waals surface area contributed by atoms with Gasteiger partial charge in [-0.05, 0) is 13.3 Å². The first-order valence-electron chi connectivity index (χ1n) is 8.49. The van der Waals surface area contributed by atoms with Gasteiger partial charge in [-0.25, -0.2) is 4.79 Å². The number of carbonyl (C=O) groups is 2. The first-order valence-corrected chi connectivity index (χ1v) is 8.49. The predicted octanol–water partition coefficient (Wildman–Crippen LogP) is 2.50. The van der Waals surface area contributed by atoms with Gasteiger partial charge in [-0.15, -0.1) is 0 Å². The van der Waals surface area contributed by atoms with Gasteiger partial charge in [0.2, 0.25) is 5.92 Å². The molecule has 3 amide bonds. The minimum absolute atomic E-state index is 0.0293. The number of carbonyl (C=O) groups excluding carboxylic acids is 2. The predicted molar refractivity (Wildman–Crippen MR) is 91.1 cm³/mol. The molecule has 0 radical (unpaired) electrons. The number of benzene rings is 1. The molecule has 130 valence electrons. The van der Waals surface area contributed by atoms with E-state index in [1.807, 2.05) is 37.3 Å². The highest BCUT2D eigenvalue weighted by molar-refractivity contribution is 6.12. The Morgan fingerprint density at radius 3 is 2.85 bits per heavy atom. The van der Waals surface area contributed by atoms with Crippen molar-refractivity contribution in [2.75, 3.05) is 6.54 Å². The van der Waals surface area contributed by atoms with Gasteiger partial charge in [-0.2, -0.15) is 19.5 Å². The summed E-state index contributed by atoms with van der Waals surface area (Å²) >= 11 is 0. The van der Waals surface area contributed by atoms with Gasteiger partial charge in [0.15, 0.2) is 12.3 Å². The molecule has 7 heteroatoms. The summed E-state index contributed by atoms with van der Waals surface area (Å²) in [5, 5.41) is 13.4. The highest BCUT2D eigenvalue weighted by atomic mass is 16.5. The van der Waals surface area contributed by atoms with E-state index in [2.05, 4.69) is 5.16 Å². The average Bonchev–Trinajstić information content (AvgIpc) is 3.29. The lowest BCUT2D eigenvalue weighted by atomic mass is 9.99. The van der Waals surface area contributed by atoms with E-state index in [0.29, 0.717) is 30.1 Å². The lowest BCUT2D eigenvalue weighted by molar-refractivity contribution is -0.431. The molecule has 1 aromatic heterocycles. The highest BCUT2D eigenvalue weighted by Crippen LogP contribution is 2.25. The average molecular weight is 349 g/mol. The maximum Gasteiger partial charge on any atom is 0.501 e. The van der Waals surface area contributed by atoms with Crippen molar-refractivity contribution in [3.63, 3.8) is 0 Å². The minimum Gasteiger partial charge on any atom is -0.356 e. The number of nitriles is 1. The lowest BCUT2D eigenvalue weighted by Crippen LogP contribution is -2.52. The normalized spacial score (nSPS) is 19.7. The molecule has 0 saturated heterocycles. The summed E-state index contributed by atoms with van der Waals surface area (Å²) in [5.41, 5.74) is 3.30. The first kappa shape index (κ1) is 16.2. The van der Waals surface area contributed by atoms with Crippen LogP contribution in [0.5, 0.6) is 0 Å². The fourth-order valence-corrected chi connectivity index (χ4v) is 3.43. The topological polar surface area (TPSA) is 90.2 Å². The molecule has 0 spiro atoms. The van der Waals surface area contributed by atoms with Crippen molar-refractivity contribution in [1.82, 2.24) is 10.1 Å². The van der Waals surface area contributed by atoms with E-state index < -0.39 is 11.8 Å². The van der Waals surface area contributed by atoms with Crippen LogP contribution in [0.2, 0.25) is 0 Å². The van der Waals surface area contributed by atoms with Gasteiger partial charge < -0.3 is 4.52 Å². The van der Waals surface area contributed by atoms with Gasteiger partial charge in [-0.1, -0.05) is 35.0 Å². The Morgan fingerprint density at radius 1 is 1.35 bits per heavy atom. The molecule has 0 saturated carbocycles. The van der Waals surface area contributed by atoms with E-state index in [4.69, 9.17) is 4.52 Å². The van der Waals surface area contributed by atoms with E-state index in [-0.39, 0.29) is 12.6 Å². The number of imide groups is 1. The van der Waals surface area contributed by atoms with Crippen molar-refractivity contribution in [1.29, 1.82) is 5.26 Å². The number of aromatic nitrogens is 1. The van der Waals surface area contributed by atoms with Crippen molar-refractivity contribution >= 4 is 17.6 Å². The fraction of sp³-hybridized carbons (Fsp3) is 0.316. The Balaban J connectivity index is 1.60. The van der Waals surface area contributed by atoms with Crippen LogP contribution in [0.3, 0.4) is 0 Å². The van der Waals surface area contributed by atoms with Crippen LogP contribution in [0.4, 0.5) is 4.79 Å². The van der Waals surface area contributed by atoms with Crippen molar-refractivity contribution in [3.8, 4) is 17.3 Å². The largest absolute Gasteiger partial charge is 0.501 e. The molecular formula is C19H17N4O3+.